The van der Waals surface area contributed by atoms with E-state index in [4.69, 9.17) is 11.0 Å². The second kappa shape index (κ2) is 5.38. The van der Waals surface area contributed by atoms with Gasteiger partial charge < -0.3 is 5.73 Å². The minimum Gasteiger partial charge on any atom is -0.384 e. The highest BCUT2D eigenvalue weighted by Crippen LogP contribution is 2.14. The second-order valence-corrected chi connectivity index (χ2v) is 3.44. The fraction of sp³-hybridized carbons (Fsp3) is 0.375. The smallest absolute Gasteiger partial charge is 0.189 e. The monoisotopic (exact) mass is 194 g/mol. The molecular weight excluding hydrogens is 184 g/mol. The third-order valence-corrected chi connectivity index (χ3v) is 2.27. The lowest BCUT2D eigenvalue weighted by Crippen LogP contribution is -1.93. The van der Waals surface area contributed by atoms with Crippen LogP contribution >= 0.6 is 11.8 Å². The summed E-state index contributed by atoms with van der Waals surface area (Å²) < 4.78 is 0. The van der Waals surface area contributed by atoms with E-state index in [0.29, 0.717) is 17.4 Å². The van der Waals surface area contributed by atoms with Crippen molar-refractivity contribution in [3.8, 4) is 6.07 Å². The number of nitrogen functional groups attached to an aromatic ring is 1. The molecule has 0 aliphatic carbocycles. The van der Waals surface area contributed by atoms with Crippen LogP contribution in [0.3, 0.4) is 0 Å². The van der Waals surface area contributed by atoms with Crippen molar-refractivity contribution >= 4 is 17.6 Å². The van der Waals surface area contributed by atoms with Crippen molar-refractivity contribution in [1.29, 1.82) is 5.26 Å². The number of hydrogen-bond acceptors (Lipinski definition) is 5. The Bertz CT molecular complexity index is 307. The first kappa shape index (κ1) is 9.81. The fourth-order valence-electron chi connectivity index (χ4n) is 0.738. The molecular formula is C8H10N4S. The zero-order chi connectivity index (χ0) is 9.52. The molecule has 0 aliphatic rings. The zero-order valence-corrected chi connectivity index (χ0v) is 7.92. The first-order valence-corrected chi connectivity index (χ1v) is 4.90. The average molecular weight is 194 g/mol. The Labute approximate surface area is 81.2 Å². The Morgan fingerprint density at radius 1 is 1.62 bits per heavy atom. The Kier molecular flexibility index (Phi) is 4.06. The molecule has 1 rings (SSSR count). The molecule has 0 radical (unpaired) electrons. The summed E-state index contributed by atoms with van der Waals surface area (Å²) in [5.41, 5.74) is 5.47. The van der Waals surface area contributed by atoms with E-state index in [-0.39, 0.29) is 0 Å². The Morgan fingerprint density at radius 2 is 2.46 bits per heavy atom. The molecule has 5 heteroatoms. The van der Waals surface area contributed by atoms with E-state index >= 15 is 0 Å². The second-order valence-electron chi connectivity index (χ2n) is 2.37. The summed E-state index contributed by atoms with van der Waals surface area (Å²) in [5, 5.41) is 8.98. The molecule has 0 fully saturated rings. The maximum Gasteiger partial charge on any atom is 0.189 e. The van der Waals surface area contributed by atoms with E-state index in [1.54, 1.807) is 12.3 Å². The molecule has 0 amide bonds. The Balaban J connectivity index is 2.33. The standard InChI is InChI=1S/C8H10N4S/c9-4-1-2-6-13-8-11-5-3-7(10)12-8/h3,5H,1-2,6H2,(H2,10,11,12). The molecule has 2 N–H and O–H groups in total. The van der Waals surface area contributed by atoms with Crippen molar-refractivity contribution < 1.29 is 0 Å². The highest BCUT2D eigenvalue weighted by atomic mass is 32.2. The molecule has 0 unspecified atom stereocenters. The van der Waals surface area contributed by atoms with Crippen LogP contribution < -0.4 is 5.73 Å². The molecule has 13 heavy (non-hydrogen) atoms. The number of anilines is 1. The molecule has 0 saturated heterocycles. The summed E-state index contributed by atoms with van der Waals surface area (Å²) in [6.45, 7) is 0. The molecule has 1 aromatic rings. The lowest BCUT2D eigenvalue weighted by molar-refractivity contribution is 0.949. The molecule has 0 aliphatic heterocycles. The van der Waals surface area contributed by atoms with Crippen LogP contribution in [-0.2, 0) is 0 Å². The fourth-order valence-corrected chi connectivity index (χ4v) is 1.51. The lowest BCUT2D eigenvalue weighted by Gasteiger charge is -1.97. The predicted octanol–water partition coefficient (Wildman–Crippen LogP) is 1.45. The lowest BCUT2D eigenvalue weighted by atomic mass is 10.4. The summed E-state index contributed by atoms with van der Waals surface area (Å²) >= 11 is 1.52. The van der Waals surface area contributed by atoms with Crippen molar-refractivity contribution in [3.05, 3.63) is 12.3 Å². The van der Waals surface area contributed by atoms with Gasteiger partial charge in [0.15, 0.2) is 5.16 Å². The van der Waals surface area contributed by atoms with Crippen molar-refractivity contribution in [2.75, 3.05) is 11.5 Å². The highest BCUT2D eigenvalue weighted by molar-refractivity contribution is 7.99. The summed E-state index contributed by atoms with van der Waals surface area (Å²) in [7, 11) is 0. The predicted molar refractivity (Wildman–Crippen MR) is 52.0 cm³/mol. The highest BCUT2D eigenvalue weighted by Gasteiger charge is 1.96. The van der Waals surface area contributed by atoms with Crippen LogP contribution in [0.25, 0.3) is 0 Å². The quantitative estimate of drug-likeness (QED) is 0.446. The van der Waals surface area contributed by atoms with E-state index in [0.717, 1.165) is 12.2 Å². The molecule has 0 aromatic carbocycles. The van der Waals surface area contributed by atoms with Crippen molar-refractivity contribution in [2.45, 2.75) is 18.0 Å². The van der Waals surface area contributed by atoms with Crippen LogP contribution in [0.5, 0.6) is 0 Å². The number of nitrogens with two attached hydrogens (primary N) is 1. The normalized spacial score (nSPS) is 9.46. The van der Waals surface area contributed by atoms with Gasteiger partial charge in [0, 0.05) is 18.4 Å². The van der Waals surface area contributed by atoms with Gasteiger partial charge in [-0.15, -0.1) is 0 Å². The van der Waals surface area contributed by atoms with Crippen LogP contribution in [0.4, 0.5) is 5.82 Å². The SMILES string of the molecule is N#CCCCSc1nccc(N)n1. The van der Waals surface area contributed by atoms with E-state index in [1.165, 1.54) is 11.8 Å². The van der Waals surface area contributed by atoms with Crippen LogP contribution in [-0.4, -0.2) is 15.7 Å². The summed E-state index contributed by atoms with van der Waals surface area (Å²) in [6, 6.07) is 3.74. The van der Waals surface area contributed by atoms with Gasteiger partial charge in [-0.05, 0) is 12.5 Å². The Hall–Kier alpha value is -1.28. The van der Waals surface area contributed by atoms with Crippen molar-refractivity contribution in [2.24, 2.45) is 0 Å². The molecule has 1 heterocycles. The zero-order valence-electron chi connectivity index (χ0n) is 7.10. The largest absolute Gasteiger partial charge is 0.384 e. The van der Waals surface area contributed by atoms with Crippen molar-refractivity contribution in [3.63, 3.8) is 0 Å². The third kappa shape index (κ3) is 3.76. The number of nitriles is 1. The third-order valence-electron chi connectivity index (χ3n) is 1.32. The number of nitrogens with zero attached hydrogens (tertiary/aromatic N) is 3. The summed E-state index contributed by atoms with van der Waals surface area (Å²) in [5.74, 6) is 1.34. The molecule has 0 bridgehead atoms. The molecule has 68 valence electrons. The summed E-state index contributed by atoms with van der Waals surface area (Å²) in [4.78, 5) is 8.04. The van der Waals surface area contributed by atoms with Gasteiger partial charge in [0.2, 0.25) is 0 Å². The van der Waals surface area contributed by atoms with Gasteiger partial charge in [0.25, 0.3) is 0 Å². The van der Waals surface area contributed by atoms with Gasteiger partial charge in [0.05, 0.1) is 6.07 Å². The Morgan fingerprint density at radius 3 is 3.15 bits per heavy atom. The number of hydrogen-bond donors (Lipinski definition) is 1. The van der Waals surface area contributed by atoms with Gasteiger partial charge >= 0.3 is 0 Å². The topological polar surface area (TPSA) is 75.6 Å². The maximum atomic E-state index is 8.30. The van der Waals surface area contributed by atoms with Crippen LogP contribution in [0.15, 0.2) is 17.4 Å². The minimum absolute atomic E-state index is 0.484. The minimum atomic E-state index is 0.484. The van der Waals surface area contributed by atoms with Crippen molar-refractivity contribution in [1.82, 2.24) is 9.97 Å². The van der Waals surface area contributed by atoms with E-state index in [2.05, 4.69) is 16.0 Å². The average Bonchev–Trinajstić information content (AvgIpc) is 2.13. The van der Waals surface area contributed by atoms with E-state index in [9.17, 15) is 0 Å². The van der Waals surface area contributed by atoms with Gasteiger partial charge in [-0.25, -0.2) is 9.97 Å². The molecule has 0 saturated carbocycles. The van der Waals surface area contributed by atoms with Crippen LogP contribution in [0.2, 0.25) is 0 Å². The van der Waals surface area contributed by atoms with Gasteiger partial charge in [0.1, 0.15) is 5.82 Å². The van der Waals surface area contributed by atoms with E-state index < -0.39 is 0 Å². The van der Waals surface area contributed by atoms with Gasteiger partial charge in [-0.2, -0.15) is 5.26 Å². The summed E-state index contributed by atoms with van der Waals surface area (Å²) in [6.07, 6.45) is 3.07. The maximum absolute atomic E-state index is 8.30. The number of thioether (sulfide) groups is 1. The molecule has 0 atom stereocenters. The number of aromatic nitrogens is 2. The first-order valence-electron chi connectivity index (χ1n) is 3.91. The van der Waals surface area contributed by atoms with Crippen LogP contribution in [0.1, 0.15) is 12.8 Å². The number of rotatable bonds is 4. The number of unbranched alkanes of at least 4 members (excludes halogenated alkanes) is 1. The first-order chi connectivity index (χ1) is 6.33. The van der Waals surface area contributed by atoms with Crippen LogP contribution in [0, 0.1) is 11.3 Å². The molecule has 1 aromatic heterocycles. The molecule has 0 spiro atoms. The van der Waals surface area contributed by atoms with Gasteiger partial charge in [-0.1, -0.05) is 11.8 Å². The molecule has 4 nitrogen and oxygen atoms in total. The van der Waals surface area contributed by atoms with E-state index in [1.807, 2.05) is 0 Å². The van der Waals surface area contributed by atoms with Gasteiger partial charge in [-0.3, -0.25) is 0 Å².